The van der Waals surface area contributed by atoms with Crippen LogP contribution in [0.3, 0.4) is 0 Å². The molecule has 1 aromatic heterocycles. The first-order valence-electron chi connectivity index (χ1n) is 5.50. The van der Waals surface area contributed by atoms with E-state index in [1.54, 1.807) is 12.3 Å². The van der Waals surface area contributed by atoms with Crippen LogP contribution in [0.1, 0.15) is 18.5 Å². The summed E-state index contributed by atoms with van der Waals surface area (Å²) in [5, 5.41) is 4.21. The summed E-state index contributed by atoms with van der Waals surface area (Å²) in [5.41, 5.74) is 7.67. The third kappa shape index (κ3) is 2.86. The molecule has 0 aliphatic rings. The van der Waals surface area contributed by atoms with E-state index in [-0.39, 0.29) is 6.04 Å². The van der Waals surface area contributed by atoms with Crippen molar-refractivity contribution in [3.63, 3.8) is 0 Å². The van der Waals surface area contributed by atoms with Crippen LogP contribution in [0, 0.1) is 0 Å². The van der Waals surface area contributed by atoms with Gasteiger partial charge in [-0.2, -0.15) is 0 Å². The minimum atomic E-state index is 0.0115. The predicted molar refractivity (Wildman–Crippen MR) is 77.1 cm³/mol. The van der Waals surface area contributed by atoms with Crippen LogP contribution in [0.5, 0.6) is 0 Å². The topological polar surface area (TPSA) is 50.9 Å². The van der Waals surface area contributed by atoms with E-state index in [0.717, 1.165) is 11.3 Å². The van der Waals surface area contributed by atoms with E-state index < -0.39 is 0 Å². The number of anilines is 2. The lowest BCUT2D eigenvalue weighted by atomic mass is 10.1. The first-order valence-corrected chi connectivity index (χ1v) is 6.25. The third-order valence-corrected chi connectivity index (χ3v) is 3.12. The number of halogens is 2. The smallest absolute Gasteiger partial charge is 0.145 e. The third-order valence-electron chi connectivity index (χ3n) is 2.62. The van der Waals surface area contributed by atoms with Gasteiger partial charge >= 0.3 is 0 Å². The summed E-state index contributed by atoms with van der Waals surface area (Å²) in [6, 6.07) is 9.35. The number of nitrogens with one attached hydrogen (secondary N) is 1. The molecule has 3 nitrogen and oxygen atoms in total. The fourth-order valence-corrected chi connectivity index (χ4v) is 2.14. The fourth-order valence-electron chi connectivity index (χ4n) is 1.71. The number of rotatable bonds is 3. The standard InChI is InChI=1S/C13H13Cl2N3/c1-8(10-4-2-3-5-12(10)16)18-13-11(15)6-9(14)7-17-13/h2-8H,16H2,1H3,(H,17,18). The summed E-state index contributed by atoms with van der Waals surface area (Å²) < 4.78 is 0. The number of nitrogens with two attached hydrogens (primary N) is 1. The van der Waals surface area contributed by atoms with Crippen LogP contribution in [-0.4, -0.2) is 4.98 Å². The summed E-state index contributed by atoms with van der Waals surface area (Å²) >= 11 is 11.9. The van der Waals surface area contributed by atoms with Gasteiger partial charge in [0.15, 0.2) is 0 Å². The zero-order valence-corrected chi connectivity index (χ0v) is 11.3. The van der Waals surface area contributed by atoms with Crippen molar-refractivity contribution >= 4 is 34.7 Å². The van der Waals surface area contributed by atoms with Crippen molar-refractivity contribution in [2.45, 2.75) is 13.0 Å². The maximum atomic E-state index is 6.06. The molecule has 3 N–H and O–H groups in total. The number of para-hydroxylation sites is 1. The Hall–Kier alpha value is -1.45. The molecule has 0 bridgehead atoms. The second-order valence-corrected chi connectivity index (χ2v) is 4.82. The summed E-state index contributed by atoms with van der Waals surface area (Å²) in [4.78, 5) is 4.16. The Balaban J connectivity index is 2.21. The lowest BCUT2D eigenvalue weighted by molar-refractivity contribution is 0.878. The van der Waals surface area contributed by atoms with Gasteiger partial charge in [-0.15, -0.1) is 0 Å². The molecule has 0 radical (unpaired) electrons. The number of nitrogen functional groups attached to an aromatic ring is 1. The zero-order chi connectivity index (χ0) is 13.1. The van der Waals surface area contributed by atoms with Crippen molar-refractivity contribution in [1.29, 1.82) is 0 Å². The van der Waals surface area contributed by atoms with Gasteiger partial charge in [0, 0.05) is 11.9 Å². The summed E-state index contributed by atoms with van der Waals surface area (Å²) in [6.45, 7) is 2.00. The molecule has 0 fully saturated rings. The van der Waals surface area contributed by atoms with E-state index in [0.29, 0.717) is 15.9 Å². The Morgan fingerprint density at radius 1 is 1.28 bits per heavy atom. The van der Waals surface area contributed by atoms with Crippen molar-refractivity contribution in [3.05, 3.63) is 52.1 Å². The molecule has 0 saturated carbocycles. The average molecular weight is 282 g/mol. The van der Waals surface area contributed by atoms with Gasteiger partial charge in [-0.3, -0.25) is 0 Å². The Morgan fingerprint density at radius 3 is 2.67 bits per heavy atom. The van der Waals surface area contributed by atoms with E-state index >= 15 is 0 Å². The highest BCUT2D eigenvalue weighted by molar-refractivity contribution is 6.35. The SMILES string of the molecule is CC(Nc1ncc(Cl)cc1Cl)c1ccccc1N. The molecule has 94 valence electrons. The predicted octanol–water partition coefficient (Wildman–Crippen LogP) is 4.14. The monoisotopic (exact) mass is 281 g/mol. The summed E-state index contributed by atoms with van der Waals surface area (Å²) in [5.74, 6) is 0.594. The minimum Gasteiger partial charge on any atom is -0.398 e. The molecule has 0 aliphatic heterocycles. The van der Waals surface area contributed by atoms with Gasteiger partial charge < -0.3 is 11.1 Å². The molecule has 0 aliphatic carbocycles. The van der Waals surface area contributed by atoms with E-state index in [2.05, 4.69) is 10.3 Å². The van der Waals surface area contributed by atoms with Crippen LogP contribution in [-0.2, 0) is 0 Å². The molecule has 2 aromatic rings. The molecule has 0 saturated heterocycles. The summed E-state index contributed by atoms with van der Waals surface area (Å²) in [7, 11) is 0. The lowest BCUT2D eigenvalue weighted by Crippen LogP contribution is -2.10. The van der Waals surface area contributed by atoms with Gasteiger partial charge in [0.25, 0.3) is 0 Å². The first-order chi connectivity index (χ1) is 8.58. The lowest BCUT2D eigenvalue weighted by Gasteiger charge is -2.17. The van der Waals surface area contributed by atoms with Crippen LogP contribution in [0.25, 0.3) is 0 Å². The van der Waals surface area contributed by atoms with Crippen molar-refractivity contribution in [1.82, 2.24) is 4.98 Å². The molecule has 1 unspecified atom stereocenters. The van der Waals surface area contributed by atoms with Gasteiger partial charge in [-0.25, -0.2) is 4.98 Å². The number of benzene rings is 1. The molecular formula is C13H13Cl2N3. The van der Waals surface area contributed by atoms with Crippen molar-refractivity contribution in [3.8, 4) is 0 Å². The number of nitrogens with zero attached hydrogens (tertiary/aromatic N) is 1. The Morgan fingerprint density at radius 2 is 2.00 bits per heavy atom. The fraction of sp³-hybridized carbons (Fsp3) is 0.154. The van der Waals surface area contributed by atoms with E-state index in [9.17, 15) is 0 Å². The van der Waals surface area contributed by atoms with Crippen LogP contribution in [0.2, 0.25) is 10.0 Å². The number of pyridine rings is 1. The number of hydrogen-bond donors (Lipinski definition) is 2. The molecule has 5 heteroatoms. The van der Waals surface area contributed by atoms with Crippen molar-refractivity contribution in [2.75, 3.05) is 11.1 Å². The number of hydrogen-bond acceptors (Lipinski definition) is 3. The minimum absolute atomic E-state index is 0.0115. The second kappa shape index (κ2) is 5.46. The van der Waals surface area contributed by atoms with E-state index in [4.69, 9.17) is 28.9 Å². The maximum Gasteiger partial charge on any atom is 0.145 e. The molecule has 18 heavy (non-hydrogen) atoms. The quantitative estimate of drug-likeness (QED) is 0.832. The van der Waals surface area contributed by atoms with Gasteiger partial charge in [-0.1, -0.05) is 41.4 Å². The molecule has 0 amide bonds. The Kier molecular flexibility index (Phi) is 3.94. The van der Waals surface area contributed by atoms with Gasteiger partial charge in [-0.05, 0) is 24.6 Å². The van der Waals surface area contributed by atoms with E-state index in [1.807, 2.05) is 31.2 Å². The summed E-state index contributed by atoms with van der Waals surface area (Å²) in [6.07, 6.45) is 1.55. The molecule has 2 rings (SSSR count). The highest BCUT2D eigenvalue weighted by Crippen LogP contribution is 2.28. The normalized spacial score (nSPS) is 12.2. The maximum absolute atomic E-state index is 6.06. The highest BCUT2D eigenvalue weighted by Gasteiger charge is 2.11. The first kappa shape index (κ1) is 13.0. The van der Waals surface area contributed by atoms with Crippen molar-refractivity contribution in [2.24, 2.45) is 0 Å². The van der Waals surface area contributed by atoms with Crippen LogP contribution < -0.4 is 11.1 Å². The van der Waals surface area contributed by atoms with E-state index in [1.165, 1.54) is 0 Å². The van der Waals surface area contributed by atoms with Crippen molar-refractivity contribution < 1.29 is 0 Å². The Bertz CT molecular complexity index is 558. The number of aromatic nitrogens is 1. The highest BCUT2D eigenvalue weighted by atomic mass is 35.5. The molecular weight excluding hydrogens is 269 g/mol. The zero-order valence-electron chi connectivity index (χ0n) is 9.82. The molecule has 1 atom stereocenters. The van der Waals surface area contributed by atoms with Crippen LogP contribution >= 0.6 is 23.2 Å². The van der Waals surface area contributed by atoms with Crippen LogP contribution in [0.15, 0.2) is 36.5 Å². The van der Waals surface area contributed by atoms with Gasteiger partial charge in [0.05, 0.1) is 16.1 Å². The molecule has 1 aromatic carbocycles. The molecule has 1 heterocycles. The molecule has 0 spiro atoms. The average Bonchev–Trinajstić information content (AvgIpc) is 2.33. The second-order valence-electron chi connectivity index (χ2n) is 3.98. The Labute approximate surface area is 116 Å². The van der Waals surface area contributed by atoms with Gasteiger partial charge in [0.1, 0.15) is 5.82 Å². The van der Waals surface area contributed by atoms with Crippen LogP contribution in [0.4, 0.5) is 11.5 Å². The largest absolute Gasteiger partial charge is 0.398 e. The van der Waals surface area contributed by atoms with Gasteiger partial charge in [0.2, 0.25) is 0 Å².